The number of anilines is 1. The number of hydrogen-bond donors (Lipinski definition) is 1. The van der Waals surface area contributed by atoms with E-state index in [1.54, 1.807) is 26.4 Å². The van der Waals surface area contributed by atoms with Gasteiger partial charge in [0, 0.05) is 32.9 Å². The maximum atomic E-state index is 12.5. The van der Waals surface area contributed by atoms with Gasteiger partial charge in [0.05, 0.1) is 12.2 Å². The van der Waals surface area contributed by atoms with Crippen LogP contribution in [0.15, 0.2) is 18.3 Å². The molecule has 18 heavy (non-hydrogen) atoms. The van der Waals surface area contributed by atoms with Gasteiger partial charge < -0.3 is 15.0 Å². The fourth-order valence-electron chi connectivity index (χ4n) is 1.96. The maximum Gasteiger partial charge on any atom is 0.257 e. The van der Waals surface area contributed by atoms with Crippen molar-refractivity contribution >= 4 is 11.7 Å². The second kappa shape index (κ2) is 5.82. The van der Waals surface area contributed by atoms with Gasteiger partial charge in [0.25, 0.3) is 5.91 Å². The van der Waals surface area contributed by atoms with Gasteiger partial charge in [0.2, 0.25) is 0 Å². The Morgan fingerprint density at radius 2 is 2.39 bits per heavy atom. The van der Waals surface area contributed by atoms with Crippen molar-refractivity contribution < 1.29 is 9.53 Å². The largest absolute Gasteiger partial charge is 0.383 e. The van der Waals surface area contributed by atoms with Crippen LogP contribution in [-0.2, 0) is 4.74 Å². The molecular weight excluding hydrogens is 230 g/mol. The summed E-state index contributed by atoms with van der Waals surface area (Å²) in [5.74, 6) is 0.664. The highest BCUT2D eigenvalue weighted by Crippen LogP contribution is 2.29. The third-order valence-electron chi connectivity index (χ3n) is 3.06. The first-order chi connectivity index (χ1) is 8.77. The summed E-state index contributed by atoms with van der Waals surface area (Å²) in [5.41, 5.74) is 0.628. The Morgan fingerprint density at radius 1 is 1.61 bits per heavy atom. The first-order valence-electron chi connectivity index (χ1n) is 6.20. The van der Waals surface area contributed by atoms with Gasteiger partial charge in [0.1, 0.15) is 5.82 Å². The Balaban J connectivity index is 2.16. The number of nitrogens with one attached hydrogen (secondary N) is 1. The molecule has 0 aromatic carbocycles. The van der Waals surface area contributed by atoms with Crippen LogP contribution >= 0.6 is 0 Å². The monoisotopic (exact) mass is 249 g/mol. The fourth-order valence-corrected chi connectivity index (χ4v) is 1.96. The zero-order valence-corrected chi connectivity index (χ0v) is 10.8. The molecular formula is C13H19N3O2. The van der Waals surface area contributed by atoms with Crippen LogP contribution in [0.25, 0.3) is 0 Å². The molecule has 0 bridgehead atoms. The normalized spacial score (nSPS) is 14.3. The third-order valence-corrected chi connectivity index (χ3v) is 3.06. The van der Waals surface area contributed by atoms with Crippen molar-refractivity contribution in [2.24, 2.45) is 0 Å². The van der Waals surface area contributed by atoms with Gasteiger partial charge in [0.15, 0.2) is 0 Å². The molecule has 1 aliphatic rings. The summed E-state index contributed by atoms with van der Waals surface area (Å²) in [7, 11) is 3.42. The average Bonchev–Trinajstić information content (AvgIpc) is 3.23. The van der Waals surface area contributed by atoms with Crippen LogP contribution in [-0.4, -0.2) is 49.1 Å². The fraction of sp³-hybridized carbons (Fsp3) is 0.538. The minimum atomic E-state index is 0.0343. The lowest BCUT2D eigenvalue weighted by Crippen LogP contribution is -2.36. The Hall–Kier alpha value is -1.62. The number of aromatic nitrogens is 1. The van der Waals surface area contributed by atoms with Crippen LogP contribution in [0.2, 0.25) is 0 Å². The predicted octanol–water partition coefficient (Wildman–Crippen LogP) is 1.37. The summed E-state index contributed by atoms with van der Waals surface area (Å²) in [5, 5.41) is 2.96. The van der Waals surface area contributed by atoms with Crippen LogP contribution in [0, 0.1) is 0 Å². The minimum Gasteiger partial charge on any atom is -0.383 e. The number of nitrogens with zero attached hydrogens (tertiary/aromatic N) is 2. The van der Waals surface area contributed by atoms with E-state index < -0.39 is 0 Å². The van der Waals surface area contributed by atoms with Gasteiger partial charge in [-0.2, -0.15) is 0 Å². The number of rotatable bonds is 6. The standard InChI is InChI=1S/C13H19N3O2/c1-14-12-11(4-3-7-15-12)13(17)16(8-9-18-2)10-5-6-10/h3-4,7,10H,5-6,8-9H2,1-2H3,(H,14,15). The van der Waals surface area contributed by atoms with Gasteiger partial charge >= 0.3 is 0 Å². The second-order valence-electron chi connectivity index (χ2n) is 4.37. The summed E-state index contributed by atoms with van der Waals surface area (Å²) < 4.78 is 5.07. The predicted molar refractivity (Wildman–Crippen MR) is 69.7 cm³/mol. The quantitative estimate of drug-likeness (QED) is 0.827. The molecule has 0 spiro atoms. The third kappa shape index (κ3) is 2.79. The van der Waals surface area contributed by atoms with Crippen LogP contribution in [0.4, 0.5) is 5.82 Å². The van der Waals surface area contributed by atoms with E-state index in [4.69, 9.17) is 4.74 Å². The summed E-state index contributed by atoms with van der Waals surface area (Å²) in [6, 6.07) is 3.97. The molecule has 0 aliphatic heterocycles. The molecule has 2 rings (SSSR count). The number of carbonyl (C=O) groups excluding carboxylic acids is 1. The Labute approximate surface area is 107 Å². The van der Waals surface area contributed by atoms with E-state index in [9.17, 15) is 4.79 Å². The van der Waals surface area contributed by atoms with Crippen molar-refractivity contribution in [3.05, 3.63) is 23.9 Å². The zero-order chi connectivity index (χ0) is 13.0. The van der Waals surface area contributed by atoms with Gasteiger partial charge in [-0.1, -0.05) is 0 Å². The molecule has 1 amide bonds. The van der Waals surface area contributed by atoms with Crippen LogP contribution in [0.5, 0.6) is 0 Å². The Kier molecular flexibility index (Phi) is 4.15. The number of methoxy groups -OCH3 is 1. The van der Waals surface area contributed by atoms with Crippen molar-refractivity contribution in [1.29, 1.82) is 0 Å². The highest BCUT2D eigenvalue weighted by molar-refractivity contribution is 5.99. The minimum absolute atomic E-state index is 0.0343. The van der Waals surface area contributed by atoms with Gasteiger partial charge in [-0.25, -0.2) is 4.98 Å². The van der Waals surface area contributed by atoms with Crippen molar-refractivity contribution in [3.8, 4) is 0 Å². The first-order valence-corrected chi connectivity index (χ1v) is 6.20. The SMILES string of the molecule is CNc1ncccc1C(=O)N(CCOC)C1CC1. The molecule has 1 heterocycles. The average molecular weight is 249 g/mol. The Bertz CT molecular complexity index is 418. The topological polar surface area (TPSA) is 54.5 Å². The Morgan fingerprint density at radius 3 is 3.00 bits per heavy atom. The zero-order valence-electron chi connectivity index (χ0n) is 10.8. The van der Waals surface area contributed by atoms with Crippen molar-refractivity contribution in [2.45, 2.75) is 18.9 Å². The lowest BCUT2D eigenvalue weighted by atomic mass is 10.2. The molecule has 1 saturated carbocycles. The number of hydrogen-bond acceptors (Lipinski definition) is 4. The molecule has 1 aromatic rings. The van der Waals surface area contributed by atoms with E-state index in [1.807, 2.05) is 11.0 Å². The number of ether oxygens (including phenoxy) is 1. The number of carbonyl (C=O) groups is 1. The van der Waals surface area contributed by atoms with Crippen molar-refractivity contribution in [2.75, 3.05) is 32.6 Å². The van der Waals surface area contributed by atoms with E-state index >= 15 is 0 Å². The summed E-state index contributed by atoms with van der Waals surface area (Å²) in [4.78, 5) is 18.6. The molecule has 1 fully saturated rings. The van der Waals surface area contributed by atoms with Crippen molar-refractivity contribution in [1.82, 2.24) is 9.88 Å². The van der Waals surface area contributed by atoms with Gasteiger partial charge in [-0.05, 0) is 25.0 Å². The van der Waals surface area contributed by atoms with E-state index in [-0.39, 0.29) is 5.91 Å². The van der Waals surface area contributed by atoms with Crippen LogP contribution in [0.3, 0.4) is 0 Å². The highest BCUT2D eigenvalue weighted by atomic mass is 16.5. The lowest BCUT2D eigenvalue weighted by Gasteiger charge is -2.22. The molecule has 0 atom stereocenters. The van der Waals surface area contributed by atoms with Gasteiger partial charge in [-0.3, -0.25) is 4.79 Å². The van der Waals surface area contributed by atoms with E-state index in [1.165, 1.54) is 0 Å². The van der Waals surface area contributed by atoms with E-state index in [0.717, 1.165) is 12.8 Å². The molecule has 0 saturated heterocycles. The van der Waals surface area contributed by atoms with Crippen LogP contribution < -0.4 is 5.32 Å². The smallest absolute Gasteiger partial charge is 0.257 e. The highest BCUT2D eigenvalue weighted by Gasteiger charge is 2.33. The van der Waals surface area contributed by atoms with Crippen LogP contribution in [0.1, 0.15) is 23.2 Å². The molecule has 1 aromatic heterocycles. The van der Waals surface area contributed by atoms with E-state index in [2.05, 4.69) is 10.3 Å². The summed E-state index contributed by atoms with van der Waals surface area (Å²) >= 11 is 0. The second-order valence-corrected chi connectivity index (χ2v) is 4.37. The lowest BCUT2D eigenvalue weighted by molar-refractivity contribution is 0.0681. The molecule has 0 radical (unpaired) electrons. The van der Waals surface area contributed by atoms with Gasteiger partial charge in [-0.15, -0.1) is 0 Å². The molecule has 1 N–H and O–H groups in total. The summed E-state index contributed by atoms with van der Waals surface area (Å²) in [6.07, 6.45) is 3.86. The molecule has 1 aliphatic carbocycles. The maximum absolute atomic E-state index is 12.5. The number of amides is 1. The van der Waals surface area contributed by atoms with E-state index in [0.29, 0.717) is 30.6 Å². The molecule has 98 valence electrons. The van der Waals surface area contributed by atoms with Crippen molar-refractivity contribution in [3.63, 3.8) is 0 Å². The molecule has 5 heteroatoms. The molecule has 0 unspecified atom stereocenters. The summed E-state index contributed by atoms with van der Waals surface area (Å²) in [6.45, 7) is 1.20. The molecule has 5 nitrogen and oxygen atoms in total. The first kappa shape index (κ1) is 12.8. The number of pyridine rings is 1.